The van der Waals surface area contributed by atoms with Crippen LogP contribution in [0.25, 0.3) is 4.91 Å². The molecule has 0 nitrogen and oxygen atoms in total. The molecule has 1 aromatic rings. The van der Waals surface area contributed by atoms with Gasteiger partial charge in [-0.1, -0.05) is 41.4 Å². The highest BCUT2D eigenvalue weighted by Crippen LogP contribution is 2.41. The van der Waals surface area contributed by atoms with Crippen LogP contribution >= 0.6 is 35.1 Å². The maximum atomic E-state index is 6.28. The number of thioether (sulfide) groups is 2. The summed E-state index contributed by atoms with van der Waals surface area (Å²) in [7, 11) is 0. The fourth-order valence-electron chi connectivity index (χ4n) is 1.42. The molecule has 1 aliphatic rings. The Morgan fingerprint density at radius 3 is 2.47 bits per heavy atom. The van der Waals surface area contributed by atoms with E-state index < -0.39 is 0 Å². The topological polar surface area (TPSA) is 0 Å². The van der Waals surface area contributed by atoms with Crippen molar-refractivity contribution in [2.75, 3.05) is 11.5 Å². The molecule has 0 radical (unpaired) electrons. The van der Waals surface area contributed by atoms with Crippen LogP contribution in [0.2, 0.25) is 0 Å². The van der Waals surface area contributed by atoms with Gasteiger partial charge in [0, 0.05) is 4.91 Å². The molecule has 0 aliphatic carbocycles. The first kappa shape index (κ1) is 11.4. The van der Waals surface area contributed by atoms with Crippen LogP contribution in [0.4, 0.5) is 0 Å². The van der Waals surface area contributed by atoms with E-state index in [1.165, 1.54) is 28.2 Å². The van der Waals surface area contributed by atoms with Crippen LogP contribution in [0.5, 0.6) is 0 Å². The SMILES string of the molecule is Cc1ccc(C2=C(Cl)SCCCS2)cc1. The molecule has 0 fully saturated rings. The summed E-state index contributed by atoms with van der Waals surface area (Å²) in [5.41, 5.74) is 2.55. The second-order valence-corrected chi connectivity index (χ2v) is 6.33. The van der Waals surface area contributed by atoms with Crippen LogP contribution in [0.1, 0.15) is 17.5 Å². The molecule has 0 atom stereocenters. The largest absolute Gasteiger partial charge is 0.123 e. The zero-order valence-electron chi connectivity index (χ0n) is 8.63. The van der Waals surface area contributed by atoms with Gasteiger partial charge in [-0.15, -0.1) is 23.5 Å². The second-order valence-electron chi connectivity index (χ2n) is 3.52. The smallest absolute Gasteiger partial charge is 0.0877 e. The lowest BCUT2D eigenvalue weighted by Crippen LogP contribution is -1.83. The van der Waals surface area contributed by atoms with Crippen molar-refractivity contribution in [3.63, 3.8) is 0 Å². The van der Waals surface area contributed by atoms with Crippen molar-refractivity contribution >= 4 is 40.0 Å². The molecule has 0 amide bonds. The van der Waals surface area contributed by atoms with Crippen molar-refractivity contribution in [3.05, 3.63) is 39.8 Å². The van der Waals surface area contributed by atoms with E-state index in [9.17, 15) is 0 Å². The Morgan fingerprint density at radius 2 is 1.73 bits per heavy atom. The molecule has 0 saturated heterocycles. The van der Waals surface area contributed by atoms with E-state index in [2.05, 4.69) is 31.2 Å². The van der Waals surface area contributed by atoms with Crippen molar-refractivity contribution in [1.29, 1.82) is 0 Å². The Kier molecular flexibility index (Phi) is 4.06. The van der Waals surface area contributed by atoms with Crippen molar-refractivity contribution in [2.45, 2.75) is 13.3 Å². The lowest BCUT2D eigenvalue weighted by atomic mass is 10.1. The molecule has 0 saturated carbocycles. The lowest BCUT2D eigenvalue weighted by molar-refractivity contribution is 1.13. The molecule has 0 unspecified atom stereocenters. The monoisotopic (exact) mass is 256 g/mol. The van der Waals surface area contributed by atoms with Gasteiger partial charge in [0.15, 0.2) is 0 Å². The van der Waals surface area contributed by atoms with Gasteiger partial charge >= 0.3 is 0 Å². The average Bonchev–Trinajstić information content (AvgIpc) is 2.44. The molecular weight excluding hydrogens is 244 g/mol. The highest BCUT2D eigenvalue weighted by atomic mass is 35.5. The van der Waals surface area contributed by atoms with Crippen LogP contribution in [0, 0.1) is 6.92 Å². The summed E-state index contributed by atoms with van der Waals surface area (Å²) in [5.74, 6) is 2.31. The zero-order chi connectivity index (χ0) is 10.7. The Balaban J connectivity index is 2.31. The minimum absolute atomic E-state index is 0.960. The van der Waals surface area contributed by atoms with Crippen LogP contribution in [-0.2, 0) is 0 Å². The Morgan fingerprint density at radius 1 is 1.07 bits per heavy atom. The number of halogens is 1. The maximum absolute atomic E-state index is 6.28. The number of aryl methyl sites for hydroxylation is 1. The summed E-state index contributed by atoms with van der Waals surface area (Å²) in [5, 5.41) is 0. The highest BCUT2D eigenvalue weighted by molar-refractivity contribution is 8.12. The van der Waals surface area contributed by atoms with E-state index in [-0.39, 0.29) is 0 Å². The van der Waals surface area contributed by atoms with Crippen LogP contribution in [0.15, 0.2) is 28.6 Å². The number of rotatable bonds is 1. The van der Waals surface area contributed by atoms with E-state index >= 15 is 0 Å². The van der Waals surface area contributed by atoms with Gasteiger partial charge in [-0.25, -0.2) is 0 Å². The first-order valence-corrected chi connectivity index (χ1v) is 7.35. The van der Waals surface area contributed by atoms with E-state index in [0.29, 0.717) is 0 Å². The summed E-state index contributed by atoms with van der Waals surface area (Å²) in [4.78, 5) is 1.25. The van der Waals surface area contributed by atoms with Crippen molar-refractivity contribution in [1.82, 2.24) is 0 Å². The third kappa shape index (κ3) is 2.96. The molecule has 1 aromatic carbocycles. The third-order valence-electron chi connectivity index (χ3n) is 2.26. The fraction of sp³-hybridized carbons (Fsp3) is 0.333. The summed E-state index contributed by atoms with van der Waals surface area (Å²) in [6.45, 7) is 2.11. The summed E-state index contributed by atoms with van der Waals surface area (Å²) >= 11 is 9.93. The van der Waals surface area contributed by atoms with Crippen LogP contribution in [0.3, 0.4) is 0 Å². The minimum atomic E-state index is 0.960. The van der Waals surface area contributed by atoms with Crippen LogP contribution in [-0.4, -0.2) is 11.5 Å². The van der Waals surface area contributed by atoms with Gasteiger partial charge in [0.05, 0.1) is 4.36 Å². The molecule has 15 heavy (non-hydrogen) atoms. The first-order valence-electron chi connectivity index (χ1n) is 5.00. The van der Waals surface area contributed by atoms with Crippen molar-refractivity contribution < 1.29 is 0 Å². The van der Waals surface area contributed by atoms with E-state index in [4.69, 9.17) is 11.6 Å². The number of benzene rings is 1. The van der Waals surface area contributed by atoms with Crippen LogP contribution < -0.4 is 0 Å². The normalized spacial score (nSPS) is 17.7. The van der Waals surface area contributed by atoms with Gasteiger partial charge < -0.3 is 0 Å². The predicted octanol–water partition coefficient (Wildman–Crippen LogP) is 4.73. The number of hydrogen-bond donors (Lipinski definition) is 0. The Hall–Kier alpha value is -0.0500. The average molecular weight is 257 g/mol. The van der Waals surface area contributed by atoms with E-state index in [1.54, 1.807) is 11.8 Å². The molecular formula is C12H13ClS2. The molecule has 2 rings (SSSR count). The van der Waals surface area contributed by atoms with E-state index in [0.717, 1.165) is 10.1 Å². The first-order chi connectivity index (χ1) is 7.27. The van der Waals surface area contributed by atoms with Gasteiger partial charge in [-0.2, -0.15) is 0 Å². The summed E-state index contributed by atoms with van der Waals surface area (Å²) in [6.07, 6.45) is 1.24. The minimum Gasteiger partial charge on any atom is -0.123 e. The van der Waals surface area contributed by atoms with Crippen molar-refractivity contribution in [2.24, 2.45) is 0 Å². The second kappa shape index (κ2) is 5.33. The standard InChI is InChI=1S/C12H13ClS2/c1-9-3-5-10(6-4-9)11-12(13)15-8-2-7-14-11/h3-6H,2,7-8H2,1H3. The molecule has 1 heterocycles. The molecule has 1 aliphatic heterocycles. The van der Waals surface area contributed by atoms with Gasteiger partial charge in [0.1, 0.15) is 0 Å². The molecule has 0 N–H and O–H groups in total. The van der Waals surface area contributed by atoms with Gasteiger partial charge in [-0.3, -0.25) is 0 Å². The summed E-state index contributed by atoms with van der Waals surface area (Å²) < 4.78 is 0.960. The van der Waals surface area contributed by atoms with Gasteiger partial charge in [-0.05, 0) is 30.4 Å². The van der Waals surface area contributed by atoms with E-state index in [1.807, 2.05) is 11.8 Å². The Labute approximate surface area is 104 Å². The quantitative estimate of drug-likeness (QED) is 0.713. The summed E-state index contributed by atoms with van der Waals surface area (Å²) in [6, 6.07) is 8.60. The van der Waals surface area contributed by atoms with Crippen molar-refractivity contribution in [3.8, 4) is 0 Å². The molecule has 80 valence electrons. The highest BCUT2D eigenvalue weighted by Gasteiger charge is 2.12. The molecule has 0 spiro atoms. The maximum Gasteiger partial charge on any atom is 0.0877 e. The molecule has 3 heteroatoms. The van der Waals surface area contributed by atoms with Gasteiger partial charge in [0.25, 0.3) is 0 Å². The molecule has 0 bridgehead atoms. The molecule has 0 aromatic heterocycles. The van der Waals surface area contributed by atoms with Gasteiger partial charge in [0.2, 0.25) is 0 Å². The fourth-order valence-corrected chi connectivity index (χ4v) is 4.09. The lowest BCUT2D eigenvalue weighted by Gasteiger charge is -2.07. The Bertz CT molecular complexity index is 368. The predicted molar refractivity (Wildman–Crippen MR) is 73.5 cm³/mol. The zero-order valence-corrected chi connectivity index (χ0v) is 11.0. The number of hydrogen-bond acceptors (Lipinski definition) is 2. The third-order valence-corrected chi connectivity index (χ3v) is 5.19.